The van der Waals surface area contributed by atoms with Crippen LogP contribution in [0.2, 0.25) is 0 Å². The van der Waals surface area contributed by atoms with Crippen LogP contribution in [0.25, 0.3) is 12.0 Å². The molecule has 0 unspecified atom stereocenters. The SMILES string of the molecule is COc1cc(/C=C/C(=O)Nc2cc(C(C)(C)C)nn2-c2ncccn2)ccc1OC(C)C. The summed E-state index contributed by atoms with van der Waals surface area (Å²) in [6.45, 7) is 10.1. The van der Waals surface area contributed by atoms with Crippen molar-refractivity contribution in [1.29, 1.82) is 0 Å². The van der Waals surface area contributed by atoms with E-state index in [0.717, 1.165) is 11.3 Å². The maximum absolute atomic E-state index is 12.7. The normalized spacial score (nSPS) is 11.7. The van der Waals surface area contributed by atoms with Gasteiger partial charge in [0.25, 0.3) is 5.95 Å². The zero-order valence-corrected chi connectivity index (χ0v) is 19.3. The van der Waals surface area contributed by atoms with Gasteiger partial charge in [0.2, 0.25) is 5.91 Å². The average molecular weight is 436 g/mol. The van der Waals surface area contributed by atoms with Gasteiger partial charge in [-0.25, -0.2) is 9.97 Å². The zero-order valence-electron chi connectivity index (χ0n) is 19.3. The summed E-state index contributed by atoms with van der Waals surface area (Å²) in [4.78, 5) is 21.2. The van der Waals surface area contributed by atoms with Crippen LogP contribution in [0.1, 0.15) is 45.9 Å². The van der Waals surface area contributed by atoms with Gasteiger partial charge in [-0.1, -0.05) is 26.8 Å². The average Bonchev–Trinajstić information content (AvgIpc) is 3.17. The highest BCUT2D eigenvalue weighted by atomic mass is 16.5. The lowest BCUT2D eigenvalue weighted by Gasteiger charge is -2.13. The minimum Gasteiger partial charge on any atom is -0.493 e. The van der Waals surface area contributed by atoms with Gasteiger partial charge in [0.05, 0.1) is 18.9 Å². The monoisotopic (exact) mass is 435 g/mol. The van der Waals surface area contributed by atoms with E-state index in [9.17, 15) is 4.79 Å². The summed E-state index contributed by atoms with van der Waals surface area (Å²) < 4.78 is 12.7. The first kappa shape index (κ1) is 23.0. The van der Waals surface area contributed by atoms with Crippen molar-refractivity contribution >= 4 is 17.8 Å². The Kier molecular flexibility index (Phi) is 6.92. The number of hydrogen-bond acceptors (Lipinski definition) is 6. The number of nitrogens with zero attached hydrogens (tertiary/aromatic N) is 4. The lowest BCUT2D eigenvalue weighted by atomic mass is 9.92. The van der Waals surface area contributed by atoms with E-state index in [-0.39, 0.29) is 17.4 Å². The summed E-state index contributed by atoms with van der Waals surface area (Å²) in [5, 5.41) is 7.48. The van der Waals surface area contributed by atoms with E-state index in [4.69, 9.17) is 9.47 Å². The minimum absolute atomic E-state index is 0.0347. The second kappa shape index (κ2) is 9.64. The van der Waals surface area contributed by atoms with Crippen molar-refractivity contribution in [3.63, 3.8) is 0 Å². The second-order valence-electron chi connectivity index (χ2n) is 8.52. The molecule has 168 valence electrons. The van der Waals surface area contributed by atoms with Crippen LogP contribution < -0.4 is 14.8 Å². The van der Waals surface area contributed by atoms with E-state index >= 15 is 0 Å². The predicted molar refractivity (Wildman–Crippen MR) is 124 cm³/mol. The lowest BCUT2D eigenvalue weighted by Crippen LogP contribution is -2.14. The van der Waals surface area contributed by atoms with Crippen molar-refractivity contribution in [3.8, 4) is 17.4 Å². The Labute approximate surface area is 188 Å². The van der Waals surface area contributed by atoms with Gasteiger partial charge in [-0.15, -0.1) is 0 Å². The molecule has 1 amide bonds. The number of anilines is 1. The van der Waals surface area contributed by atoms with Crippen LogP contribution in [-0.2, 0) is 10.2 Å². The highest BCUT2D eigenvalue weighted by Gasteiger charge is 2.22. The van der Waals surface area contributed by atoms with Crippen molar-refractivity contribution in [3.05, 3.63) is 60.1 Å². The Morgan fingerprint density at radius 3 is 2.47 bits per heavy atom. The van der Waals surface area contributed by atoms with Crippen LogP contribution in [0.4, 0.5) is 5.82 Å². The molecule has 0 fully saturated rings. The minimum atomic E-state index is -0.302. The number of carbonyl (C=O) groups excluding carboxylic acids is 1. The summed E-state index contributed by atoms with van der Waals surface area (Å²) in [6.07, 6.45) is 6.46. The van der Waals surface area contributed by atoms with Gasteiger partial charge >= 0.3 is 0 Å². The molecule has 8 heteroatoms. The topological polar surface area (TPSA) is 91.2 Å². The third-order valence-corrected chi connectivity index (χ3v) is 4.45. The van der Waals surface area contributed by atoms with Crippen LogP contribution in [0.5, 0.6) is 11.5 Å². The molecular weight excluding hydrogens is 406 g/mol. The fraction of sp³-hybridized carbons (Fsp3) is 0.333. The molecule has 3 aromatic rings. The number of carbonyl (C=O) groups is 1. The Morgan fingerprint density at radius 1 is 1.12 bits per heavy atom. The molecule has 0 spiro atoms. The molecule has 0 saturated carbocycles. The lowest BCUT2D eigenvalue weighted by molar-refractivity contribution is -0.111. The zero-order chi connectivity index (χ0) is 23.3. The van der Waals surface area contributed by atoms with Crippen molar-refractivity contribution in [1.82, 2.24) is 19.7 Å². The molecular formula is C24H29N5O3. The Morgan fingerprint density at radius 2 is 1.84 bits per heavy atom. The number of methoxy groups -OCH3 is 1. The van der Waals surface area contributed by atoms with Gasteiger partial charge in [0.15, 0.2) is 11.5 Å². The molecule has 3 rings (SSSR count). The van der Waals surface area contributed by atoms with Gasteiger partial charge in [-0.3, -0.25) is 4.79 Å². The fourth-order valence-corrected chi connectivity index (χ4v) is 2.87. The maximum atomic E-state index is 12.7. The molecule has 2 aromatic heterocycles. The van der Waals surface area contributed by atoms with Gasteiger partial charge < -0.3 is 14.8 Å². The molecule has 0 atom stereocenters. The Bertz CT molecular complexity index is 1100. The molecule has 8 nitrogen and oxygen atoms in total. The van der Waals surface area contributed by atoms with Gasteiger partial charge in [0, 0.05) is 30.0 Å². The largest absolute Gasteiger partial charge is 0.493 e. The first-order valence-electron chi connectivity index (χ1n) is 10.4. The number of amides is 1. The number of hydrogen-bond donors (Lipinski definition) is 1. The molecule has 0 bridgehead atoms. The maximum Gasteiger partial charge on any atom is 0.252 e. The number of benzene rings is 1. The molecule has 1 aromatic carbocycles. The van der Waals surface area contributed by atoms with E-state index in [2.05, 4.69) is 41.2 Å². The molecule has 32 heavy (non-hydrogen) atoms. The summed E-state index contributed by atoms with van der Waals surface area (Å²) in [5.41, 5.74) is 1.42. The second-order valence-corrected chi connectivity index (χ2v) is 8.52. The Hall–Kier alpha value is -3.68. The number of aromatic nitrogens is 4. The molecule has 0 aliphatic carbocycles. The molecule has 1 N–H and O–H groups in total. The third kappa shape index (κ3) is 5.72. The predicted octanol–water partition coefficient (Wildman–Crippen LogP) is 4.41. The van der Waals surface area contributed by atoms with Gasteiger partial charge in [-0.2, -0.15) is 9.78 Å². The van der Waals surface area contributed by atoms with Crippen LogP contribution in [0.15, 0.2) is 48.8 Å². The van der Waals surface area contributed by atoms with Crippen molar-refractivity contribution < 1.29 is 14.3 Å². The van der Waals surface area contributed by atoms with E-state index in [1.165, 1.54) is 10.8 Å². The van der Waals surface area contributed by atoms with Crippen molar-refractivity contribution in [2.24, 2.45) is 0 Å². The van der Waals surface area contributed by atoms with E-state index < -0.39 is 0 Å². The molecule has 0 aliphatic rings. The quantitative estimate of drug-likeness (QED) is 0.553. The van der Waals surface area contributed by atoms with E-state index in [1.54, 1.807) is 31.6 Å². The number of nitrogens with one attached hydrogen (secondary N) is 1. The highest BCUT2D eigenvalue weighted by Crippen LogP contribution is 2.29. The van der Waals surface area contributed by atoms with Crippen LogP contribution in [0, 0.1) is 0 Å². The van der Waals surface area contributed by atoms with Gasteiger partial charge in [0.1, 0.15) is 5.82 Å². The van der Waals surface area contributed by atoms with Crippen LogP contribution in [-0.4, -0.2) is 38.9 Å². The van der Waals surface area contributed by atoms with E-state index in [0.29, 0.717) is 23.3 Å². The molecule has 0 aliphatic heterocycles. The molecule has 0 saturated heterocycles. The first-order valence-corrected chi connectivity index (χ1v) is 10.4. The number of ether oxygens (including phenoxy) is 2. The summed E-state index contributed by atoms with van der Waals surface area (Å²) in [7, 11) is 1.59. The molecule has 0 radical (unpaired) electrons. The fourth-order valence-electron chi connectivity index (χ4n) is 2.87. The third-order valence-electron chi connectivity index (χ3n) is 4.45. The van der Waals surface area contributed by atoms with Gasteiger partial charge in [-0.05, 0) is 43.7 Å². The van der Waals surface area contributed by atoms with E-state index in [1.807, 2.05) is 38.1 Å². The van der Waals surface area contributed by atoms with Crippen LogP contribution >= 0.6 is 0 Å². The van der Waals surface area contributed by atoms with Crippen LogP contribution in [0.3, 0.4) is 0 Å². The molecule has 2 heterocycles. The first-order chi connectivity index (χ1) is 15.2. The summed E-state index contributed by atoms with van der Waals surface area (Å²) in [5.74, 6) is 1.84. The smallest absolute Gasteiger partial charge is 0.252 e. The highest BCUT2D eigenvalue weighted by molar-refractivity contribution is 6.01. The van der Waals surface area contributed by atoms with Crippen molar-refractivity contribution in [2.45, 2.75) is 46.1 Å². The number of rotatable bonds is 7. The van der Waals surface area contributed by atoms with Crippen molar-refractivity contribution in [2.75, 3.05) is 12.4 Å². The summed E-state index contributed by atoms with van der Waals surface area (Å²) in [6, 6.07) is 9.08. The standard InChI is InChI=1S/C24H29N5O3/c1-16(2)32-18-10-8-17(14-19(18)31-6)9-11-22(30)27-21-15-20(24(3,4)5)28-29(21)23-25-12-7-13-26-23/h7-16H,1-6H3,(H,27,30)/b11-9+. The summed E-state index contributed by atoms with van der Waals surface area (Å²) >= 11 is 0. The Balaban J connectivity index is 1.82.